The van der Waals surface area contributed by atoms with Gasteiger partial charge in [-0.25, -0.2) is 4.79 Å². The highest BCUT2D eigenvalue weighted by molar-refractivity contribution is 5.95. The first-order valence-corrected chi connectivity index (χ1v) is 13.9. The Balaban J connectivity index is 1.88. The van der Waals surface area contributed by atoms with E-state index in [4.69, 9.17) is 11.5 Å². The number of H-pyrrole nitrogens is 1. The second kappa shape index (κ2) is 14.8. The smallest absolute Gasteiger partial charge is 0.326 e. The van der Waals surface area contributed by atoms with Crippen LogP contribution < -0.4 is 27.4 Å². The fourth-order valence-electron chi connectivity index (χ4n) is 4.47. The van der Waals surface area contributed by atoms with Crippen LogP contribution in [-0.2, 0) is 36.8 Å². The van der Waals surface area contributed by atoms with E-state index in [2.05, 4.69) is 20.9 Å². The molecule has 2 aromatic carbocycles. The molecule has 43 heavy (non-hydrogen) atoms. The largest absolute Gasteiger partial charge is 0.508 e. The molecule has 0 fully saturated rings. The van der Waals surface area contributed by atoms with E-state index in [1.807, 2.05) is 24.3 Å². The maximum atomic E-state index is 13.6. The summed E-state index contributed by atoms with van der Waals surface area (Å²) in [5.41, 5.74) is 13.3. The van der Waals surface area contributed by atoms with Crippen molar-refractivity contribution < 1.29 is 34.2 Å². The van der Waals surface area contributed by atoms with Crippen LogP contribution in [0.2, 0.25) is 0 Å². The van der Waals surface area contributed by atoms with Gasteiger partial charge in [-0.05, 0) is 41.7 Å². The minimum atomic E-state index is -1.35. The number of para-hydroxylation sites is 1. The first-order valence-electron chi connectivity index (χ1n) is 13.9. The Bertz CT molecular complexity index is 1450. The fraction of sp³-hybridized carbons (Fsp3) is 0.367. The van der Waals surface area contributed by atoms with Crippen molar-refractivity contribution in [2.24, 2.45) is 17.4 Å². The van der Waals surface area contributed by atoms with E-state index in [1.54, 1.807) is 20.0 Å². The third-order valence-corrected chi connectivity index (χ3v) is 7.06. The lowest BCUT2D eigenvalue weighted by Crippen LogP contribution is -2.58. The number of rotatable bonds is 15. The third-order valence-electron chi connectivity index (χ3n) is 7.06. The molecule has 0 spiro atoms. The summed E-state index contributed by atoms with van der Waals surface area (Å²) in [6, 6.07) is 8.44. The number of nitrogens with one attached hydrogen (secondary N) is 4. The topological polar surface area (TPSA) is 230 Å². The molecule has 0 saturated carbocycles. The van der Waals surface area contributed by atoms with E-state index in [0.717, 1.165) is 10.9 Å². The van der Waals surface area contributed by atoms with Crippen LogP contribution in [-0.4, -0.2) is 69.0 Å². The molecule has 13 heteroatoms. The van der Waals surface area contributed by atoms with Crippen LogP contribution >= 0.6 is 0 Å². The monoisotopic (exact) mass is 594 g/mol. The van der Waals surface area contributed by atoms with E-state index in [9.17, 15) is 34.2 Å². The summed E-state index contributed by atoms with van der Waals surface area (Å²) in [6.45, 7) is 3.47. The van der Waals surface area contributed by atoms with Crippen molar-refractivity contribution >= 4 is 40.5 Å². The highest BCUT2D eigenvalue weighted by Gasteiger charge is 2.31. The normalized spacial score (nSPS) is 14.0. The standard InChI is InChI=1S/C30H38N6O7/c1-16(2)26(32)29(41)34-22(11-12-25(31)38)27(39)35-23(14-18-15-33-21-6-4-3-5-20(18)21)28(40)36-24(30(42)43)13-17-7-9-19(37)10-8-17/h3-10,15-16,22-24,26,33,37H,11-14,32H2,1-2H3,(H2,31,38)(H,34,41)(H,35,39)(H,36,40)(H,42,43). The van der Waals surface area contributed by atoms with E-state index in [1.165, 1.54) is 24.3 Å². The van der Waals surface area contributed by atoms with Crippen molar-refractivity contribution in [2.75, 3.05) is 0 Å². The van der Waals surface area contributed by atoms with Gasteiger partial charge in [-0.3, -0.25) is 19.2 Å². The van der Waals surface area contributed by atoms with Gasteiger partial charge in [0.25, 0.3) is 0 Å². The molecule has 10 N–H and O–H groups in total. The number of aliphatic carboxylic acids is 1. The second-order valence-corrected chi connectivity index (χ2v) is 10.7. The number of primary amides is 1. The SMILES string of the molecule is CC(C)C(N)C(=O)NC(CCC(N)=O)C(=O)NC(Cc1c[nH]c2ccccc12)C(=O)NC(Cc1ccc(O)cc1)C(=O)O. The average molecular weight is 595 g/mol. The Labute approximate surface area is 248 Å². The number of carbonyl (C=O) groups is 5. The lowest BCUT2D eigenvalue weighted by Gasteiger charge is -2.25. The van der Waals surface area contributed by atoms with E-state index in [0.29, 0.717) is 11.1 Å². The number of phenols is 1. The lowest BCUT2D eigenvalue weighted by atomic mass is 10.0. The van der Waals surface area contributed by atoms with Crippen LogP contribution in [0.3, 0.4) is 0 Å². The molecule has 3 rings (SSSR count). The number of aromatic nitrogens is 1. The van der Waals surface area contributed by atoms with Crippen LogP contribution in [0.4, 0.5) is 0 Å². The van der Waals surface area contributed by atoms with Gasteiger partial charge in [0.1, 0.15) is 23.9 Å². The van der Waals surface area contributed by atoms with E-state index < -0.39 is 53.8 Å². The number of carboxylic acid groups (broad SMARTS) is 1. The number of carboxylic acids is 1. The molecule has 13 nitrogen and oxygen atoms in total. The minimum absolute atomic E-state index is 0.00787. The Hall–Kier alpha value is -4.91. The van der Waals surface area contributed by atoms with Crippen LogP contribution in [0, 0.1) is 5.92 Å². The molecule has 4 atom stereocenters. The van der Waals surface area contributed by atoms with Gasteiger partial charge in [0.15, 0.2) is 0 Å². The van der Waals surface area contributed by atoms with Gasteiger partial charge in [-0.2, -0.15) is 0 Å². The number of aromatic amines is 1. The molecule has 0 aliphatic carbocycles. The average Bonchev–Trinajstić information content (AvgIpc) is 3.37. The van der Waals surface area contributed by atoms with Crippen LogP contribution in [0.15, 0.2) is 54.7 Å². The Kier molecular flexibility index (Phi) is 11.2. The molecule has 1 heterocycles. The van der Waals surface area contributed by atoms with Crippen molar-refractivity contribution in [3.05, 3.63) is 65.9 Å². The molecule has 0 radical (unpaired) electrons. The summed E-state index contributed by atoms with van der Waals surface area (Å²) in [6.07, 6.45) is 1.23. The summed E-state index contributed by atoms with van der Waals surface area (Å²) in [5, 5.41) is 27.9. The molecular formula is C30H38N6O7. The molecule has 230 valence electrons. The lowest BCUT2D eigenvalue weighted by molar-refractivity contribution is -0.142. The number of aromatic hydroxyl groups is 1. The molecule has 1 aromatic heterocycles. The number of hydrogen-bond acceptors (Lipinski definition) is 7. The van der Waals surface area contributed by atoms with E-state index in [-0.39, 0.29) is 37.4 Å². The zero-order chi connectivity index (χ0) is 31.7. The molecule has 3 aromatic rings. The summed E-state index contributed by atoms with van der Waals surface area (Å²) >= 11 is 0. The van der Waals surface area contributed by atoms with Crippen molar-refractivity contribution in [1.29, 1.82) is 0 Å². The van der Waals surface area contributed by atoms with Crippen LogP contribution in [0.25, 0.3) is 10.9 Å². The summed E-state index contributed by atoms with van der Waals surface area (Å²) in [7, 11) is 0. The predicted molar refractivity (Wildman–Crippen MR) is 158 cm³/mol. The number of benzene rings is 2. The van der Waals surface area contributed by atoms with Gasteiger partial charge in [0.05, 0.1) is 6.04 Å². The number of phenolic OH excluding ortho intramolecular Hbond substituents is 1. The molecular weight excluding hydrogens is 556 g/mol. The number of nitrogens with two attached hydrogens (primary N) is 2. The van der Waals surface area contributed by atoms with E-state index >= 15 is 0 Å². The quantitative estimate of drug-likeness (QED) is 0.123. The van der Waals surface area contributed by atoms with Crippen molar-refractivity contribution in [3.8, 4) is 5.75 Å². The first kappa shape index (κ1) is 32.6. The highest BCUT2D eigenvalue weighted by Crippen LogP contribution is 2.20. The van der Waals surface area contributed by atoms with Crippen LogP contribution in [0.5, 0.6) is 5.75 Å². The molecule has 0 aliphatic heterocycles. The Morgan fingerprint density at radius 3 is 2.07 bits per heavy atom. The van der Waals surface area contributed by atoms with Crippen molar-refractivity contribution in [3.63, 3.8) is 0 Å². The Morgan fingerprint density at radius 2 is 1.44 bits per heavy atom. The maximum absolute atomic E-state index is 13.6. The maximum Gasteiger partial charge on any atom is 0.326 e. The van der Waals surface area contributed by atoms with Crippen molar-refractivity contribution in [2.45, 2.75) is 63.7 Å². The van der Waals surface area contributed by atoms with Gasteiger partial charge < -0.3 is 42.6 Å². The van der Waals surface area contributed by atoms with Gasteiger partial charge in [-0.15, -0.1) is 0 Å². The van der Waals surface area contributed by atoms with Crippen molar-refractivity contribution in [1.82, 2.24) is 20.9 Å². The zero-order valence-corrected chi connectivity index (χ0v) is 24.0. The molecule has 4 amide bonds. The number of hydrogen-bond donors (Lipinski definition) is 8. The number of carbonyl (C=O) groups excluding carboxylic acids is 4. The first-order chi connectivity index (χ1) is 20.3. The summed E-state index contributed by atoms with van der Waals surface area (Å²) in [5.74, 6) is -4.37. The third kappa shape index (κ3) is 9.30. The molecule has 0 bridgehead atoms. The Morgan fingerprint density at radius 1 is 0.837 bits per heavy atom. The van der Waals surface area contributed by atoms with Crippen LogP contribution in [0.1, 0.15) is 37.8 Å². The molecule has 0 saturated heterocycles. The van der Waals surface area contributed by atoms with Gasteiger partial charge in [0, 0.05) is 36.4 Å². The number of amides is 4. The minimum Gasteiger partial charge on any atom is -0.508 e. The van der Waals surface area contributed by atoms with Gasteiger partial charge in [-0.1, -0.05) is 44.2 Å². The molecule has 0 aliphatic rings. The number of fused-ring (bicyclic) bond motifs is 1. The van der Waals surface area contributed by atoms with Gasteiger partial charge >= 0.3 is 5.97 Å². The highest BCUT2D eigenvalue weighted by atomic mass is 16.4. The predicted octanol–water partition coefficient (Wildman–Crippen LogP) is 0.447. The summed E-state index contributed by atoms with van der Waals surface area (Å²) in [4.78, 5) is 66.4. The van der Waals surface area contributed by atoms with Gasteiger partial charge in [0.2, 0.25) is 23.6 Å². The fourth-order valence-corrected chi connectivity index (χ4v) is 4.47. The zero-order valence-electron chi connectivity index (χ0n) is 24.0. The summed E-state index contributed by atoms with van der Waals surface area (Å²) < 4.78 is 0. The second-order valence-electron chi connectivity index (χ2n) is 10.7. The molecule has 4 unspecified atom stereocenters.